The number of rotatable bonds is 8. The van der Waals surface area contributed by atoms with Gasteiger partial charge in [0.15, 0.2) is 5.96 Å². The van der Waals surface area contributed by atoms with Gasteiger partial charge in [0.05, 0.1) is 0 Å². The van der Waals surface area contributed by atoms with Gasteiger partial charge in [-0.05, 0) is 25.5 Å². The van der Waals surface area contributed by atoms with Crippen LogP contribution in [0.3, 0.4) is 0 Å². The lowest BCUT2D eigenvalue weighted by atomic mass is 10.3. The molecule has 0 spiro atoms. The van der Waals surface area contributed by atoms with Crippen LogP contribution in [0.2, 0.25) is 0 Å². The van der Waals surface area contributed by atoms with Gasteiger partial charge in [-0.1, -0.05) is 32.0 Å². The standard InChI is InChI=1S/C18H30N4OS.HI/c1-6-14(2)21-18(20-13-17(23)22(4)5)19-12-15(3)24-16-10-8-7-9-11-16;/h7-11,14-15H,6,12-13H2,1-5H3,(H2,19,20,21);1H. The molecule has 0 bridgehead atoms. The molecule has 2 unspecified atom stereocenters. The molecule has 0 heterocycles. The van der Waals surface area contributed by atoms with Crippen molar-refractivity contribution >= 4 is 47.6 Å². The molecular weight excluding hydrogens is 447 g/mol. The molecule has 0 aromatic heterocycles. The van der Waals surface area contributed by atoms with Gasteiger partial charge in [-0.25, -0.2) is 4.99 Å². The number of benzene rings is 1. The molecule has 25 heavy (non-hydrogen) atoms. The van der Waals surface area contributed by atoms with Crippen LogP contribution in [-0.4, -0.2) is 55.2 Å². The van der Waals surface area contributed by atoms with Crippen molar-refractivity contribution < 1.29 is 4.79 Å². The molecule has 0 saturated heterocycles. The number of carbonyl (C=O) groups is 1. The van der Waals surface area contributed by atoms with Gasteiger partial charge in [0.2, 0.25) is 5.91 Å². The summed E-state index contributed by atoms with van der Waals surface area (Å²) in [5.41, 5.74) is 0. The normalized spacial score (nSPS) is 13.4. The monoisotopic (exact) mass is 478 g/mol. The van der Waals surface area contributed by atoms with Crippen LogP contribution in [0.25, 0.3) is 0 Å². The first kappa shape index (κ1) is 24.0. The van der Waals surface area contributed by atoms with Crippen LogP contribution in [0.4, 0.5) is 0 Å². The molecule has 2 N–H and O–H groups in total. The SMILES string of the molecule is CCC(C)NC(=NCC(=O)N(C)C)NCC(C)Sc1ccccc1.I. The summed E-state index contributed by atoms with van der Waals surface area (Å²) >= 11 is 1.82. The van der Waals surface area contributed by atoms with Gasteiger partial charge in [0, 0.05) is 36.8 Å². The first-order valence-electron chi connectivity index (χ1n) is 8.39. The second kappa shape index (κ2) is 13.3. The average Bonchev–Trinajstić information content (AvgIpc) is 2.57. The number of nitrogens with one attached hydrogen (secondary N) is 2. The van der Waals surface area contributed by atoms with E-state index in [0.29, 0.717) is 17.3 Å². The van der Waals surface area contributed by atoms with Crippen LogP contribution in [0.15, 0.2) is 40.2 Å². The molecule has 142 valence electrons. The van der Waals surface area contributed by atoms with Crippen LogP contribution in [-0.2, 0) is 4.79 Å². The lowest BCUT2D eigenvalue weighted by Gasteiger charge is -2.19. The fraction of sp³-hybridized carbons (Fsp3) is 0.556. The number of halogens is 1. The van der Waals surface area contributed by atoms with E-state index in [4.69, 9.17) is 0 Å². The van der Waals surface area contributed by atoms with E-state index in [0.717, 1.165) is 13.0 Å². The Morgan fingerprint density at radius 3 is 2.44 bits per heavy atom. The predicted molar refractivity (Wildman–Crippen MR) is 119 cm³/mol. The molecule has 0 aliphatic rings. The summed E-state index contributed by atoms with van der Waals surface area (Å²) in [6.45, 7) is 7.33. The number of aliphatic imine (C=N–C) groups is 1. The van der Waals surface area contributed by atoms with Crippen molar-refractivity contribution in [2.24, 2.45) is 4.99 Å². The molecule has 1 aromatic rings. The van der Waals surface area contributed by atoms with Gasteiger partial charge in [-0.15, -0.1) is 35.7 Å². The number of amides is 1. The fourth-order valence-electron chi connectivity index (χ4n) is 1.79. The fourth-order valence-corrected chi connectivity index (χ4v) is 2.74. The summed E-state index contributed by atoms with van der Waals surface area (Å²) in [6, 6.07) is 10.7. The number of hydrogen-bond acceptors (Lipinski definition) is 3. The van der Waals surface area contributed by atoms with E-state index >= 15 is 0 Å². The molecule has 1 aromatic carbocycles. The largest absolute Gasteiger partial charge is 0.355 e. The molecule has 0 fully saturated rings. The highest BCUT2D eigenvalue weighted by molar-refractivity contribution is 14.0. The highest BCUT2D eigenvalue weighted by Crippen LogP contribution is 2.21. The van der Waals surface area contributed by atoms with Crippen LogP contribution >= 0.6 is 35.7 Å². The third-order valence-corrected chi connectivity index (χ3v) is 4.62. The molecule has 5 nitrogen and oxygen atoms in total. The quantitative estimate of drug-likeness (QED) is 0.261. The highest BCUT2D eigenvalue weighted by atomic mass is 127. The Labute approximate surface area is 173 Å². The van der Waals surface area contributed by atoms with Crippen molar-refractivity contribution in [3.8, 4) is 0 Å². The number of nitrogens with zero attached hydrogens (tertiary/aromatic N) is 2. The van der Waals surface area contributed by atoms with Gasteiger partial charge in [-0.3, -0.25) is 4.79 Å². The van der Waals surface area contributed by atoms with Crippen molar-refractivity contribution in [1.29, 1.82) is 0 Å². The highest BCUT2D eigenvalue weighted by Gasteiger charge is 2.09. The zero-order valence-electron chi connectivity index (χ0n) is 15.8. The van der Waals surface area contributed by atoms with Crippen LogP contribution in [0, 0.1) is 0 Å². The zero-order chi connectivity index (χ0) is 17.9. The molecule has 0 aliphatic carbocycles. The smallest absolute Gasteiger partial charge is 0.243 e. The minimum Gasteiger partial charge on any atom is -0.355 e. The number of hydrogen-bond donors (Lipinski definition) is 2. The number of thioether (sulfide) groups is 1. The van der Waals surface area contributed by atoms with Gasteiger partial charge < -0.3 is 15.5 Å². The minimum absolute atomic E-state index is 0. The van der Waals surface area contributed by atoms with E-state index in [2.05, 4.69) is 48.5 Å². The Morgan fingerprint density at radius 2 is 1.88 bits per heavy atom. The maximum absolute atomic E-state index is 11.7. The van der Waals surface area contributed by atoms with Crippen molar-refractivity contribution in [2.75, 3.05) is 27.2 Å². The Kier molecular flexibility index (Phi) is 12.8. The first-order valence-corrected chi connectivity index (χ1v) is 9.27. The van der Waals surface area contributed by atoms with Crippen molar-refractivity contribution in [1.82, 2.24) is 15.5 Å². The minimum atomic E-state index is -0.00744. The van der Waals surface area contributed by atoms with Crippen molar-refractivity contribution in [3.63, 3.8) is 0 Å². The predicted octanol–water partition coefficient (Wildman–Crippen LogP) is 3.21. The maximum atomic E-state index is 11.7. The number of likely N-dealkylation sites (N-methyl/N-ethyl adjacent to an activating group) is 1. The lowest BCUT2D eigenvalue weighted by Crippen LogP contribution is -2.44. The molecule has 1 rings (SSSR count). The van der Waals surface area contributed by atoms with Gasteiger partial charge in [0.25, 0.3) is 0 Å². The van der Waals surface area contributed by atoms with Gasteiger partial charge in [-0.2, -0.15) is 0 Å². The van der Waals surface area contributed by atoms with Crippen molar-refractivity contribution in [3.05, 3.63) is 30.3 Å². The summed E-state index contributed by atoms with van der Waals surface area (Å²) in [5, 5.41) is 7.08. The molecule has 0 saturated carbocycles. The molecule has 2 atom stereocenters. The second-order valence-corrected chi connectivity index (χ2v) is 7.54. The Morgan fingerprint density at radius 1 is 1.24 bits per heavy atom. The third-order valence-electron chi connectivity index (χ3n) is 3.50. The second-order valence-electron chi connectivity index (χ2n) is 6.03. The summed E-state index contributed by atoms with van der Waals surface area (Å²) in [7, 11) is 3.48. The van der Waals surface area contributed by atoms with Crippen molar-refractivity contribution in [2.45, 2.75) is 43.4 Å². The van der Waals surface area contributed by atoms with E-state index in [-0.39, 0.29) is 36.4 Å². The zero-order valence-corrected chi connectivity index (χ0v) is 18.9. The van der Waals surface area contributed by atoms with E-state index in [1.54, 1.807) is 19.0 Å². The summed E-state index contributed by atoms with van der Waals surface area (Å²) < 4.78 is 0. The average molecular weight is 478 g/mol. The van der Waals surface area contributed by atoms with Crippen LogP contribution in [0.5, 0.6) is 0 Å². The molecule has 0 aliphatic heterocycles. The first-order chi connectivity index (χ1) is 11.4. The van der Waals surface area contributed by atoms with E-state index in [1.165, 1.54) is 4.90 Å². The summed E-state index contributed by atoms with van der Waals surface area (Å²) in [5.74, 6) is 0.687. The molecular formula is C18H31IN4OS. The Balaban J connectivity index is 0.00000576. The van der Waals surface area contributed by atoms with Gasteiger partial charge >= 0.3 is 0 Å². The Hall–Kier alpha value is -0.960. The molecule has 0 radical (unpaired) electrons. The topological polar surface area (TPSA) is 56.7 Å². The maximum Gasteiger partial charge on any atom is 0.243 e. The van der Waals surface area contributed by atoms with E-state index in [9.17, 15) is 4.79 Å². The Bertz CT molecular complexity index is 525. The van der Waals surface area contributed by atoms with E-state index in [1.807, 2.05) is 30.0 Å². The van der Waals surface area contributed by atoms with E-state index < -0.39 is 0 Å². The summed E-state index contributed by atoms with van der Waals surface area (Å²) in [4.78, 5) is 19.0. The lowest BCUT2D eigenvalue weighted by molar-refractivity contribution is -0.127. The number of guanidine groups is 1. The van der Waals surface area contributed by atoms with Gasteiger partial charge in [0.1, 0.15) is 6.54 Å². The van der Waals surface area contributed by atoms with Crippen LogP contribution < -0.4 is 10.6 Å². The number of carbonyl (C=O) groups excluding carboxylic acids is 1. The third kappa shape index (κ3) is 10.6. The molecule has 1 amide bonds. The summed E-state index contributed by atoms with van der Waals surface area (Å²) in [6.07, 6.45) is 0.997. The molecule has 7 heteroatoms. The van der Waals surface area contributed by atoms with Crippen LogP contribution in [0.1, 0.15) is 27.2 Å².